The lowest BCUT2D eigenvalue weighted by molar-refractivity contribution is 0.0651. The lowest BCUT2D eigenvalue weighted by Gasteiger charge is -2.10. The fraction of sp³-hybridized carbons (Fsp3) is 0.750. The molecule has 0 spiro atoms. The summed E-state index contributed by atoms with van der Waals surface area (Å²) in [6, 6.07) is 0. The van der Waals surface area contributed by atoms with Gasteiger partial charge in [0.2, 0.25) is 0 Å². The molecule has 0 bridgehead atoms. The lowest BCUT2D eigenvalue weighted by atomic mass is 10.8. The van der Waals surface area contributed by atoms with Crippen molar-refractivity contribution in [2.75, 3.05) is 13.3 Å². The molecule has 0 radical (unpaired) electrons. The van der Waals surface area contributed by atoms with Crippen LogP contribution in [0.3, 0.4) is 0 Å². The Kier molecular flexibility index (Phi) is 3.74. The molecule has 0 heterocycles. The Hall–Kier alpha value is -0.810. The van der Waals surface area contributed by atoms with E-state index >= 15 is 0 Å². The van der Waals surface area contributed by atoms with Crippen molar-refractivity contribution in [2.24, 2.45) is 5.84 Å². The number of hydrazine groups is 1. The zero-order valence-electron chi connectivity index (χ0n) is 5.20. The van der Waals surface area contributed by atoms with Gasteiger partial charge < -0.3 is 9.84 Å². The minimum Gasteiger partial charge on any atom is -0.449 e. The van der Waals surface area contributed by atoms with Gasteiger partial charge in [-0.3, -0.25) is 0 Å². The van der Waals surface area contributed by atoms with Gasteiger partial charge in [-0.2, -0.15) is 0 Å². The van der Waals surface area contributed by atoms with Crippen LogP contribution in [0.2, 0.25) is 0 Å². The van der Waals surface area contributed by atoms with Crippen LogP contribution >= 0.6 is 0 Å². The molecule has 0 aromatic carbocycles. The SMILES string of the molecule is CCOC(=O)N(N)CO. The monoisotopic (exact) mass is 134 g/mol. The highest BCUT2D eigenvalue weighted by Gasteiger charge is 2.05. The number of aliphatic hydroxyl groups is 1. The van der Waals surface area contributed by atoms with E-state index in [0.717, 1.165) is 0 Å². The van der Waals surface area contributed by atoms with Crippen molar-refractivity contribution in [3.63, 3.8) is 0 Å². The molecular weight excluding hydrogens is 124 g/mol. The van der Waals surface area contributed by atoms with Crippen molar-refractivity contribution in [1.82, 2.24) is 5.01 Å². The number of nitrogens with zero attached hydrogens (tertiary/aromatic N) is 1. The van der Waals surface area contributed by atoms with Crippen molar-refractivity contribution in [3.8, 4) is 0 Å². The number of carbonyl (C=O) groups is 1. The Bertz CT molecular complexity index is 95.8. The van der Waals surface area contributed by atoms with Crippen LogP contribution in [0, 0.1) is 0 Å². The number of carbonyl (C=O) groups excluding carboxylic acids is 1. The maximum absolute atomic E-state index is 10.4. The third-order valence-corrected chi connectivity index (χ3v) is 0.655. The lowest BCUT2D eigenvalue weighted by Crippen LogP contribution is -2.38. The summed E-state index contributed by atoms with van der Waals surface area (Å²) in [4.78, 5) is 10.4. The van der Waals surface area contributed by atoms with Crippen LogP contribution in [0.25, 0.3) is 0 Å². The van der Waals surface area contributed by atoms with Gasteiger partial charge >= 0.3 is 6.09 Å². The molecule has 0 aliphatic carbocycles. The summed E-state index contributed by atoms with van der Waals surface area (Å²) in [5, 5.41) is 8.80. The molecule has 5 nitrogen and oxygen atoms in total. The quantitative estimate of drug-likeness (QED) is 0.226. The predicted molar refractivity (Wildman–Crippen MR) is 30.1 cm³/mol. The molecule has 5 heteroatoms. The van der Waals surface area contributed by atoms with E-state index in [4.69, 9.17) is 10.9 Å². The van der Waals surface area contributed by atoms with Gasteiger partial charge in [-0.25, -0.2) is 15.6 Å². The van der Waals surface area contributed by atoms with Gasteiger partial charge in [0.1, 0.15) is 6.73 Å². The van der Waals surface area contributed by atoms with Crippen molar-refractivity contribution in [3.05, 3.63) is 0 Å². The Morgan fingerprint density at radius 1 is 1.89 bits per heavy atom. The Balaban J connectivity index is 3.46. The number of ether oxygens (including phenoxy) is 1. The summed E-state index contributed by atoms with van der Waals surface area (Å²) in [5.74, 6) is 4.91. The summed E-state index contributed by atoms with van der Waals surface area (Å²) in [5.41, 5.74) is 0. The molecule has 0 saturated carbocycles. The standard InChI is InChI=1S/C4H10N2O3/c1-2-9-4(8)6(5)3-7/h7H,2-3,5H2,1H3. The minimum absolute atomic E-state index is 0.256. The first-order valence-electron chi connectivity index (χ1n) is 2.52. The van der Waals surface area contributed by atoms with Gasteiger partial charge in [-0.1, -0.05) is 0 Å². The topological polar surface area (TPSA) is 75.8 Å². The molecule has 3 N–H and O–H groups in total. The molecule has 0 unspecified atom stereocenters. The molecule has 0 atom stereocenters. The fourth-order valence-corrected chi connectivity index (χ4v) is 0.264. The summed E-state index contributed by atoms with van der Waals surface area (Å²) >= 11 is 0. The van der Waals surface area contributed by atoms with Crippen LogP contribution in [0.4, 0.5) is 4.79 Å². The van der Waals surface area contributed by atoms with Crippen molar-refractivity contribution < 1.29 is 14.6 Å². The van der Waals surface area contributed by atoms with E-state index in [1.165, 1.54) is 0 Å². The fourth-order valence-electron chi connectivity index (χ4n) is 0.264. The van der Waals surface area contributed by atoms with Gasteiger partial charge in [-0.05, 0) is 6.92 Å². The predicted octanol–water partition coefficient (Wildman–Crippen LogP) is -0.732. The second-order valence-corrected chi connectivity index (χ2v) is 1.31. The van der Waals surface area contributed by atoms with Crippen molar-refractivity contribution in [2.45, 2.75) is 6.92 Å². The molecule has 54 valence electrons. The number of hydrogen-bond donors (Lipinski definition) is 2. The maximum Gasteiger partial charge on any atom is 0.426 e. The van der Waals surface area contributed by atoms with Crippen LogP contribution < -0.4 is 5.84 Å². The average molecular weight is 134 g/mol. The number of aliphatic hydroxyl groups excluding tert-OH is 1. The highest BCUT2D eigenvalue weighted by atomic mass is 16.6. The molecule has 9 heavy (non-hydrogen) atoms. The Morgan fingerprint density at radius 3 is 2.78 bits per heavy atom. The van der Waals surface area contributed by atoms with Crippen LogP contribution in [-0.2, 0) is 4.74 Å². The first kappa shape index (κ1) is 8.19. The summed E-state index contributed by atoms with van der Waals surface area (Å²) in [6.07, 6.45) is -0.722. The second-order valence-electron chi connectivity index (χ2n) is 1.31. The van der Waals surface area contributed by atoms with Gasteiger partial charge in [0, 0.05) is 0 Å². The Morgan fingerprint density at radius 2 is 2.44 bits per heavy atom. The third-order valence-electron chi connectivity index (χ3n) is 0.655. The van der Waals surface area contributed by atoms with Gasteiger partial charge in [0.05, 0.1) is 6.61 Å². The Labute approximate surface area is 53.0 Å². The van der Waals surface area contributed by atoms with Gasteiger partial charge in [-0.15, -0.1) is 0 Å². The first-order valence-corrected chi connectivity index (χ1v) is 2.52. The largest absolute Gasteiger partial charge is 0.449 e. The molecule has 1 amide bonds. The zero-order valence-corrected chi connectivity index (χ0v) is 5.20. The molecule has 0 saturated heterocycles. The smallest absolute Gasteiger partial charge is 0.426 e. The number of rotatable bonds is 2. The van der Waals surface area contributed by atoms with Crippen LogP contribution in [0.1, 0.15) is 6.92 Å². The van der Waals surface area contributed by atoms with E-state index in [0.29, 0.717) is 5.01 Å². The first-order chi connectivity index (χ1) is 4.22. The highest BCUT2D eigenvalue weighted by molar-refractivity contribution is 5.66. The molecule has 0 aromatic heterocycles. The van der Waals surface area contributed by atoms with E-state index in [2.05, 4.69) is 4.74 Å². The van der Waals surface area contributed by atoms with E-state index in [9.17, 15) is 4.79 Å². The molecule has 0 aromatic rings. The number of nitrogens with two attached hydrogens (primary N) is 1. The summed E-state index contributed by atoms with van der Waals surface area (Å²) in [7, 11) is 0. The molecule has 0 aliphatic heterocycles. The highest BCUT2D eigenvalue weighted by Crippen LogP contribution is 1.82. The molecule has 0 aliphatic rings. The van der Waals surface area contributed by atoms with E-state index in [-0.39, 0.29) is 6.61 Å². The van der Waals surface area contributed by atoms with Crippen molar-refractivity contribution in [1.29, 1.82) is 0 Å². The summed E-state index contributed by atoms with van der Waals surface area (Å²) < 4.78 is 4.40. The maximum atomic E-state index is 10.4. The van der Waals surface area contributed by atoms with Gasteiger partial charge in [0.25, 0.3) is 0 Å². The van der Waals surface area contributed by atoms with E-state index in [1.54, 1.807) is 6.92 Å². The molecule has 0 rings (SSSR count). The third kappa shape index (κ3) is 2.89. The minimum atomic E-state index is -0.722. The zero-order chi connectivity index (χ0) is 7.28. The van der Waals surface area contributed by atoms with E-state index in [1.807, 2.05) is 0 Å². The van der Waals surface area contributed by atoms with Gasteiger partial charge in [0.15, 0.2) is 0 Å². The van der Waals surface area contributed by atoms with Crippen LogP contribution in [-0.4, -0.2) is 29.5 Å². The van der Waals surface area contributed by atoms with E-state index < -0.39 is 12.8 Å². The van der Waals surface area contributed by atoms with Crippen LogP contribution in [0.15, 0.2) is 0 Å². The van der Waals surface area contributed by atoms with Crippen LogP contribution in [0.5, 0.6) is 0 Å². The number of hydrogen-bond acceptors (Lipinski definition) is 4. The second kappa shape index (κ2) is 4.11. The molecule has 0 fully saturated rings. The normalized spacial score (nSPS) is 8.78. The number of amides is 1. The summed E-state index contributed by atoms with van der Waals surface area (Å²) in [6.45, 7) is 1.38. The van der Waals surface area contributed by atoms with Crippen molar-refractivity contribution >= 4 is 6.09 Å². The molecular formula is C4H10N2O3. The average Bonchev–Trinajstić information content (AvgIpc) is 1.87.